The number of carbonyl (C=O) groups excluding carboxylic acids is 3. The van der Waals surface area contributed by atoms with E-state index in [0.717, 1.165) is 11.3 Å². The van der Waals surface area contributed by atoms with Crippen LogP contribution in [0, 0.1) is 5.92 Å². The standard InChI is InChI=1S/C23H26N2O4/c1-16(26)24-20-7-3-17(4-8-20)15-22(27)25-13-11-19(12-14-25)23(28)18-5-9-21(29-2)10-6-18/h3-10,19H,11-15H2,1-2H3,(H,24,26). The van der Waals surface area contributed by atoms with Gasteiger partial charge >= 0.3 is 0 Å². The van der Waals surface area contributed by atoms with Crippen LogP contribution >= 0.6 is 0 Å². The van der Waals surface area contributed by atoms with Gasteiger partial charge in [-0.2, -0.15) is 0 Å². The molecule has 1 heterocycles. The summed E-state index contributed by atoms with van der Waals surface area (Å²) < 4.78 is 5.13. The molecule has 2 amide bonds. The molecule has 29 heavy (non-hydrogen) atoms. The zero-order valence-corrected chi connectivity index (χ0v) is 16.8. The van der Waals surface area contributed by atoms with Crippen LogP contribution in [0.1, 0.15) is 35.7 Å². The normalized spacial score (nSPS) is 14.3. The van der Waals surface area contributed by atoms with Crippen LogP contribution in [-0.4, -0.2) is 42.7 Å². The number of rotatable bonds is 6. The van der Waals surface area contributed by atoms with Gasteiger partial charge in [0.15, 0.2) is 5.78 Å². The van der Waals surface area contributed by atoms with Gasteiger partial charge in [-0.3, -0.25) is 14.4 Å². The smallest absolute Gasteiger partial charge is 0.226 e. The van der Waals surface area contributed by atoms with Crippen molar-refractivity contribution in [1.82, 2.24) is 4.90 Å². The number of amides is 2. The van der Waals surface area contributed by atoms with Crippen LogP contribution in [0.2, 0.25) is 0 Å². The highest BCUT2D eigenvalue weighted by Gasteiger charge is 2.27. The van der Waals surface area contributed by atoms with Crippen molar-refractivity contribution in [1.29, 1.82) is 0 Å². The molecule has 0 aliphatic carbocycles. The first kappa shape index (κ1) is 20.6. The minimum absolute atomic E-state index is 0.0515. The fraction of sp³-hybridized carbons (Fsp3) is 0.348. The number of ketones is 1. The number of piperidine rings is 1. The van der Waals surface area contributed by atoms with Crippen molar-refractivity contribution >= 4 is 23.3 Å². The van der Waals surface area contributed by atoms with E-state index in [1.807, 2.05) is 17.0 Å². The fourth-order valence-electron chi connectivity index (χ4n) is 3.58. The van der Waals surface area contributed by atoms with Crippen LogP contribution in [-0.2, 0) is 16.0 Å². The molecular formula is C23H26N2O4. The van der Waals surface area contributed by atoms with Gasteiger partial charge < -0.3 is 15.0 Å². The van der Waals surface area contributed by atoms with Crippen molar-refractivity contribution in [3.8, 4) is 5.75 Å². The molecule has 0 spiro atoms. The lowest BCUT2D eigenvalue weighted by molar-refractivity contribution is -0.131. The SMILES string of the molecule is COc1ccc(C(=O)C2CCN(C(=O)Cc3ccc(NC(C)=O)cc3)CC2)cc1. The highest BCUT2D eigenvalue weighted by molar-refractivity contribution is 5.98. The number of ether oxygens (including phenoxy) is 1. The van der Waals surface area contributed by atoms with Crippen LogP contribution in [0.4, 0.5) is 5.69 Å². The molecule has 6 heteroatoms. The zero-order chi connectivity index (χ0) is 20.8. The number of anilines is 1. The molecule has 2 aromatic carbocycles. The summed E-state index contributed by atoms with van der Waals surface area (Å²) in [5.74, 6) is 0.748. The van der Waals surface area contributed by atoms with E-state index in [4.69, 9.17) is 4.74 Å². The molecule has 0 radical (unpaired) electrons. The highest BCUT2D eigenvalue weighted by atomic mass is 16.5. The third-order valence-corrected chi connectivity index (χ3v) is 5.22. The molecule has 152 valence electrons. The number of likely N-dealkylation sites (tertiary alicyclic amines) is 1. The summed E-state index contributed by atoms with van der Waals surface area (Å²) >= 11 is 0. The summed E-state index contributed by atoms with van der Waals surface area (Å²) in [5, 5.41) is 2.71. The molecular weight excluding hydrogens is 368 g/mol. The Morgan fingerprint density at radius 2 is 1.62 bits per heavy atom. The summed E-state index contributed by atoms with van der Waals surface area (Å²) in [6.45, 7) is 2.64. The van der Waals surface area contributed by atoms with E-state index >= 15 is 0 Å². The summed E-state index contributed by atoms with van der Waals surface area (Å²) in [5.41, 5.74) is 2.31. The van der Waals surface area contributed by atoms with Crippen molar-refractivity contribution in [2.75, 3.05) is 25.5 Å². The first-order valence-electron chi connectivity index (χ1n) is 9.79. The van der Waals surface area contributed by atoms with Gasteiger partial charge in [0.1, 0.15) is 5.75 Å². The first-order valence-corrected chi connectivity index (χ1v) is 9.79. The van der Waals surface area contributed by atoms with Crippen LogP contribution < -0.4 is 10.1 Å². The maximum absolute atomic E-state index is 12.7. The van der Waals surface area contributed by atoms with Gasteiger partial charge in [-0.05, 0) is 54.8 Å². The molecule has 0 aromatic heterocycles. The first-order chi connectivity index (χ1) is 14.0. The molecule has 6 nitrogen and oxygen atoms in total. The number of hydrogen-bond acceptors (Lipinski definition) is 4. The van der Waals surface area contributed by atoms with Gasteiger partial charge in [0, 0.05) is 37.2 Å². The van der Waals surface area contributed by atoms with Crippen molar-refractivity contribution in [3.05, 3.63) is 59.7 Å². The fourth-order valence-corrected chi connectivity index (χ4v) is 3.58. The largest absolute Gasteiger partial charge is 0.497 e. The van der Waals surface area contributed by atoms with Gasteiger partial charge in [-0.25, -0.2) is 0 Å². The Bertz CT molecular complexity index is 867. The molecule has 1 N–H and O–H groups in total. The summed E-state index contributed by atoms with van der Waals surface area (Å²) in [6.07, 6.45) is 1.67. The average Bonchev–Trinajstić information content (AvgIpc) is 2.74. The second-order valence-corrected chi connectivity index (χ2v) is 7.30. The molecule has 2 aromatic rings. The van der Waals surface area contributed by atoms with E-state index in [-0.39, 0.29) is 23.5 Å². The lowest BCUT2D eigenvalue weighted by atomic mass is 9.88. The predicted molar refractivity (Wildman–Crippen MR) is 111 cm³/mol. The summed E-state index contributed by atoms with van der Waals surface area (Å²) in [4.78, 5) is 38.2. The van der Waals surface area contributed by atoms with Crippen LogP contribution in [0.25, 0.3) is 0 Å². The van der Waals surface area contributed by atoms with Gasteiger partial charge in [0.05, 0.1) is 13.5 Å². The lowest BCUT2D eigenvalue weighted by Crippen LogP contribution is -2.41. The third kappa shape index (κ3) is 5.44. The van der Waals surface area contributed by atoms with E-state index in [1.54, 1.807) is 43.5 Å². The Morgan fingerprint density at radius 1 is 1.00 bits per heavy atom. The molecule has 1 aliphatic heterocycles. The second kappa shape index (κ2) is 9.37. The molecule has 1 fully saturated rings. The van der Waals surface area contributed by atoms with Crippen molar-refractivity contribution in [2.24, 2.45) is 5.92 Å². The minimum atomic E-state index is -0.124. The van der Waals surface area contributed by atoms with Gasteiger partial charge in [-0.15, -0.1) is 0 Å². The van der Waals surface area contributed by atoms with Crippen LogP contribution in [0.5, 0.6) is 5.75 Å². The number of nitrogens with zero attached hydrogens (tertiary/aromatic N) is 1. The van der Waals surface area contributed by atoms with E-state index in [0.29, 0.717) is 43.6 Å². The third-order valence-electron chi connectivity index (χ3n) is 5.22. The quantitative estimate of drug-likeness (QED) is 0.763. The second-order valence-electron chi connectivity index (χ2n) is 7.30. The maximum atomic E-state index is 12.7. The highest BCUT2D eigenvalue weighted by Crippen LogP contribution is 2.23. The summed E-state index contributed by atoms with van der Waals surface area (Å²) in [6, 6.07) is 14.5. The molecule has 1 aliphatic rings. The number of hydrogen-bond donors (Lipinski definition) is 1. The minimum Gasteiger partial charge on any atom is -0.497 e. The maximum Gasteiger partial charge on any atom is 0.226 e. The Morgan fingerprint density at radius 3 is 2.17 bits per heavy atom. The Kier molecular flexibility index (Phi) is 6.65. The number of Topliss-reactive ketones (excluding diaryl/α,β-unsaturated/α-hetero) is 1. The van der Waals surface area contributed by atoms with Crippen LogP contribution in [0.15, 0.2) is 48.5 Å². The molecule has 0 unspecified atom stereocenters. The Hall–Kier alpha value is -3.15. The van der Waals surface area contributed by atoms with Gasteiger partial charge in [0.2, 0.25) is 11.8 Å². The average molecular weight is 394 g/mol. The van der Waals surface area contributed by atoms with Crippen molar-refractivity contribution < 1.29 is 19.1 Å². The van der Waals surface area contributed by atoms with Gasteiger partial charge in [-0.1, -0.05) is 12.1 Å². The molecule has 3 rings (SSSR count). The molecule has 0 bridgehead atoms. The number of benzene rings is 2. The number of methoxy groups -OCH3 is 1. The zero-order valence-electron chi connectivity index (χ0n) is 16.8. The van der Waals surface area contributed by atoms with E-state index < -0.39 is 0 Å². The Labute approximate surface area is 170 Å². The molecule has 1 saturated heterocycles. The van der Waals surface area contributed by atoms with Crippen molar-refractivity contribution in [3.63, 3.8) is 0 Å². The molecule has 0 saturated carbocycles. The number of nitrogens with one attached hydrogen (secondary N) is 1. The van der Waals surface area contributed by atoms with E-state index in [1.165, 1.54) is 6.92 Å². The lowest BCUT2D eigenvalue weighted by Gasteiger charge is -2.31. The van der Waals surface area contributed by atoms with E-state index in [2.05, 4.69) is 5.32 Å². The van der Waals surface area contributed by atoms with Crippen LogP contribution in [0.3, 0.4) is 0 Å². The number of carbonyl (C=O) groups is 3. The van der Waals surface area contributed by atoms with Gasteiger partial charge in [0.25, 0.3) is 0 Å². The molecule has 0 atom stereocenters. The predicted octanol–water partition coefficient (Wildman–Crippen LogP) is 3.32. The monoisotopic (exact) mass is 394 g/mol. The van der Waals surface area contributed by atoms with E-state index in [9.17, 15) is 14.4 Å². The summed E-state index contributed by atoms with van der Waals surface area (Å²) in [7, 11) is 1.60. The Balaban J connectivity index is 1.51. The van der Waals surface area contributed by atoms with Crippen molar-refractivity contribution in [2.45, 2.75) is 26.2 Å². The topological polar surface area (TPSA) is 75.7 Å².